The van der Waals surface area contributed by atoms with Crippen molar-refractivity contribution in [1.82, 2.24) is 0 Å². The molecule has 0 spiro atoms. The molecule has 1 aromatic carbocycles. The Morgan fingerprint density at radius 1 is 1.21 bits per heavy atom. The first-order valence-electron chi connectivity index (χ1n) is 5.83. The summed E-state index contributed by atoms with van der Waals surface area (Å²) in [5.74, 6) is 0.331. The van der Waals surface area contributed by atoms with E-state index in [2.05, 4.69) is 0 Å². The summed E-state index contributed by atoms with van der Waals surface area (Å²) in [6.45, 7) is -0.550. The second-order valence-corrected chi connectivity index (χ2v) is 4.36. The number of benzene rings is 1. The van der Waals surface area contributed by atoms with E-state index < -0.39 is 37.3 Å². The maximum atomic E-state index is 11.7. The Kier molecular flexibility index (Phi) is 4.23. The Balaban J connectivity index is 2.09. The molecule has 1 aliphatic heterocycles. The van der Waals surface area contributed by atoms with Gasteiger partial charge in [-0.2, -0.15) is 0 Å². The van der Waals surface area contributed by atoms with E-state index in [0.29, 0.717) is 11.4 Å². The van der Waals surface area contributed by atoms with Gasteiger partial charge in [0.2, 0.25) is 0 Å². The van der Waals surface area contributed by atoms with Crippen molar-refractivity contribution in [2.45, 2.75) is 30.7 Å². The molecule has 106 valence electrons. The fourth-order valence-corrected chi connectivity index (χ4v) is 1.89. The van der Waals surface area contributed by atoms with Crippen molar-refractivity contribution in [2.75, 3.05) is 12.3 Å². The maximum absolute atomic E-state index is 11.7. The van der Waals surface area contributed by atoms with Crippen molar-refractivity contribution in [1.29, 1.82) is 0 Å². The Labute approximate surface area is 109 Å². The molecule has 1 heterocycles. The zero-order valence-electron chi connectivity index (χ0n) is 10.0. The SMILES string of the molecule is Nc1ccc(O[C@@H]2[C@@H](O)[C@@H](O)[C@@H](CO)O[C@@H]2[O-])cc1. The van der Waals surface area contributed by atoms with E-state index in [-0.39, 0.29) is 0 Å². The third kappa shape index (κ3) is 2.96. The molecular formula is C12H16NO6-. The summed E-state index contributed by atoms with van der Waals surface area (Å²) < 4.78 is 10.2. The van der Waals surface area contributed by atoms with Crippen LogP contribution >= 0.6 is 0 Å². The normalized spacial score (nSPS) is 35.1. The van der Waals surface area contributed by atoms with E-state index in [4.69, 9.17) is 20.3 Å². The highest BCUT2D eigenvalue weighted by molar-refractivity contribution is 5.41. The van der Waals surface area contributed by atoms with Gasteiger partial charge in [0.1, 0.15) is 30.2 Å². The lowest BCUT2D eigenvalue weighted by Crippen LogP contribution is -2.64. The molecule has 1 aromatic rings. The number of aliphatic hydroxyl groups is 3. The van der Waals surface area contributed by atoms with Gasteiger partial charge in [-0.1, -0.05) is 0 Å². The Morgan fingerprint density at radius 2 is 1.84 bits per heavy atom. The lowest BCUT2D eigenvalue weighted by molar-refractivity contribution is -0.530. The van der Waals surface area contributed by atoms with E-state index in [1.165, 1.54) is 0 Å². The van der Waals surface area contributed by atoms with Gasteiger partial charge in [-0.05, 0) is 24.3 Å². The monoisotopic (exact) mass is 270 g/mol. The molecule has 0 aromatic heterocycles. The van der Waals surface area contributed by atoms with Crippen LogP contribution in [0.2, 0.25) is 0 Å². The molecule has 0 saturated carbocycles. The topological polar surface area (TPSA) is 128 Å². The molecule has 0 aliphatic carbocycles. The minimum atomic E-state index is -1.70. The van der Waals surface area contributed by atoms with Gasteiger partial charge in [-0.15, -0.1) is 0 Å². The van der Waals surface area contributed by atoms with E-state index in [1.54, 1.807) is 24.3 Å². The lowest BCUT2D eigenvalue weighted by atomic mass is 9.99. The predicted molar refractivity (Wildman–Crippen MR) is 63.0 cm³/mol. The molecule has 7 heteroatoms. The van der Waals surface area contributed by atoms with Gasteiger partial charge in [-0.25, -0.2) is 0 Å². The summed E-state index contributed by atoms with van der Waals surface area (Å²) in [6.07, 6.45) is -6.89. The molecule has 1 fully saturated rings. The van der Waals surface area contributed by atoms with Gasteiger partial charge in [-0.3, -0.25) is 0 Å². The van der Waals surface area contributed by atoms with E-state index in [1.807, 2.05) is 0 Å². The van der Waals surface area contributed by atoms with Crippen LogP contribution in [0.4, 0.5) is 5.69 Å². The van der Waals surface area contributed by atoms with Crippen molar-refractivity contribution in [3.8, 4) is 5.75 Å². The summed E-state index contributed by atoms with van der Waals surface area (Å²) in [7, 11) is 0. The van der Waals surface area contributed by atoms with Crippen LogP contribution in [0.1, 0.15) is 0 Å². The first kappa shape index (κ1) is 14.0. The molecular weight excluding hydrogens is 254 g/mol. The first-order valence-corrected chi connectivity index (χ1v) is 5.83. The van der Waals surface area contributed by atoms with Gasteiger partial charge in [0.15, 0.2) is 0 Å². The number of nitrogen functional groups attached to an aromatic ring is 1. The number of anilines is 1. The van der Waals surface area contributed by atoms with Crippen LogP contribution in [0.5, 0.6) is 5.75 Å². The molecule has 2 rings (SSSR count). The van der Waals surface area contributed by atoms with Gasteiger partial charge in [0.25, 0.3) is 0 Å². The minimum absolute atomic E-state index is 0.331. The van der Waals surface area contributed by atoms with Crippen LogP contribution in [0.15, 0.2) is 24.3 Å². The number of ether oxygens (including phenoxy) is 2. The average Bonchev–Trinajstić information content (AvgIpc) is 2.41. The van der Waals surface area contributed by atoms with Gasteiger partial charge in [0.05, 0.1) is 6.61 Å². The van der Waals surface area contributed by atoms with Gasteiger partial charge >= 0.3 is 0 Å². The molecule has 5 N–H and O–H groups in total. The van der Waals surface area contributed by atoms with E-state index in [0.717, 1.165) is 0 Å². The Morgan fingerprint density at radius 3 is 2.42 bits per heavy atom. The van der Waals surface area contributed by atoms with Crippen LogP contribution in [0.3, 0.4) is 0 Å². The highest BCUT2D eigenvalue weighted by Gasteiger charge is 2.41. The predicted octanol–water partition coefficient (Wildman–Crippen LogP) is -2.18. The molecule has 1 aliphatic rings. The van der Waals surface area contributed by atoms with Crippen molar-refractivity contribution in [3.05, 3.63) is 24.3 Å². The van der Waals surface area contributed by atoms with E-state index in [9.17, 15) is 15.3 Å². The van der Waals surface area contributed by atoms with Crippen molar-refractivity contribution >= 4 is 5.69 Å². The second kappa shape index (κ2) is 5.72. The van der Waals surface area contributed by atoms with Crippen LogP contribution < -0.4 is 15.6 Å². The molecule has 0 bridgehead atoms. The fraction of sp³-hybridized carbons (Fsp3) is 0.500. The smallest absolute Gasteiger partial charge is 0.138 e. The summed E-state index contributed by atoms with van der Waals surface area (Å²) in [5.41, 5.74) is 6.05. The number of hydrogen-bond donors (Lipinski definition) is 4. The number of hydrogen-bond acceptors (Lipinski definition) is 7. The van der Waals surface area contributed by atoms with Gasteiger partial charge < -0.3 is 35.6 Å². The zero-order valence-corrected chi connectivity index (χ0v) is 10.0. The number of rotatable bonds is 3. The summed E-state index contributed by atoms with van der Waals surface area (Å²) >= 11 is 0. The average molecular weight is 270 g/mol. The Bertz CT molecular complexity index is 411. The molecule has 1 saturated heterocycles. The number of nitrogens with two attached hydrogens (primary N) is 1. The quantitative estimate of drug-likeness (QED) is 0.459. The van der Waals surface area contributed by atoms with Crippen molar-refractivity contribution in [3.63, 3.8) is 0 Å². The second-order valence-electron chi connectivity index (χ2n) is 4.36. The first-order chi connectivity index (χ1) is 9.02. The molecule has 19 heavy (non-hydrogen) atoms. The summed E-state index contributed by atoms with van der Waals surface area (Å²) in [5, 5.41) is 40.1. The third-order valence-corrected chi connectivity index (χ3v) is 2.98. The standard InChI is InChI=1S/C12H16NO6/c13-6-1-3-7(4-2-6)18-11-10(16)9(15)8(5-14)19-12(11)17/h1-4,8-12,14-16H,5,13H2/q-1/t8-,9+,10+,11-,12+/m1/s1. The largest absolute Gasteiger partial charge is 0.828 e. The maximum Gasteiger partial charge on any atom is 0.138 e. The highest BCUT2D eigenvalue weighted by atomic mass is 16.7. The van der Waals surface area contributed by atoms with Crippen molar-refractivity contribution in [2.24, 2.45) is 0 Å². The third-order valence-electron chi connectivity index (χ3n) is 2.98. The molecule has 7 nitrogen and oxygen atoms in total. The fourth-order valence-electron chi connectivity index (χ4n) is 1.89. The number of aliphatic hydroxyl groups excluding tert-OH is 3. The van der Waals surface area contributed by atoms with Crippen LogP contribution in [-0.2, 0) is 4.74 Å². The summed E-state index contributed by atoms with van der Waals surface area (Å²) in [4.78, 5) is 0. The zero-order chi connectivity index (χ0) is 14.0. The Hall–Kier alpha value is -1.38. The van der Waals surface area contributed by atoms with Crippen molar-refractivity contribution < 1.29 is 29.9 Å². The molecule has 0 unspecified atom stereocenters. The van der Waals surface area contributed by atoms with Crippen LogP contribution in [-0.4, -0.2) is 52.6 Å². The van der Waals surface area contributed by atoms with Crippen LogP contribution in [0.25, 0.3) is 0 Å². The molecule has 0 radical (unpaired) electrons. The molecule has 0 amide bonds. The van der Waals surface area contributed by atoms with E-state index >= 15 is 0 Å². The van der Waals surface area contributed by atoms with Gasteiger partial charge in [0, 0.05) is 12.0 Å². The molecule has 5 atom stereocenters. The lowest BCUT2D eigenvalue weighted by Gasteiger charge is -2.45. The summed E-state index contributed by atoms with van der Waals surface area (Å²) in [6, 6.07) is 6.24. The van der Waals surface area contributed by atoms with Crippen LogP contribution in [0, 0.1) is 0 Å². The highest BCUT2D eigenvalue weighted by Crippen LogP contribution is 2.23. The minimum Gasteiger partial charge on any atom is -0.828 e.